The van der Waals surface area contributed by atoms with E-state index in [-0.39, 0.29) is 11.2 Å². The van der Waals surface area contributed by atoms with Crippen LogP contribution < -0.4 is 5.56 Å². The van der Waals surface area contributed by atoms with E-state index in [2.05, 4.69) is 21.0 Å². The fourth-order valence-electron chi connectivity index (χ4n) is 2.02. The Balaban J connectivity index is 2.27. The maximum atomic E-state index is 11.8. The van der Waals surface area contributed by atoms with Crippen LogP contribution in [0.2, 0.25) is 0 Å². The van der Waals surface area contributed by atoms with Gasteiger partial charge >= 0.3 is 0 Å². The Morgan fingerprint density at radius 1 is 1.32 bits per heavy atom. The van der Waals surface area contributed by atoms with E-state index in [0.717, 1.165) is 30.1 Å². The van der Waals surface area contributed by atoms with Crippen LogP contribution in [0.15, 0.2) is 23.0 Å². The van der Waals surface area contributed by atoms with Gasteiger partial charge in [0.25, 0.3) is 11.2 Å². The van der Waals surface area contributed by atoms with Crippen LogP contribution in [0.1, 0.15) is 19.3 Å². The van der Waals surface area contributed by atoms with Gasteiger partial charge < -0.3 is 0 Å². The summed E-state index contributed by atoms with van der Waals surface area (Å²) in [4.78, 5) is 22.0. The average Bonchev–Trinajstić information content (AvgIpc) is 2.71. The second-order valence-corrected chi connectivity index (χ2v) is 5.09. The lowest BCUT2D eigenvalue weighted by Crippen LogP contribution is -2.06. The van der Waals surface area contributed by atoms with Gasteiger partial charge in [0, 0.05) is 24.0 Å². The summed E-state index contributed by atoms with van der Waals surface area (Å²) in [7, 11) is 0. The molecule has 0 saturated heterocycles. The summed E-state index contributed by atoms with van der Waals surface area (Å²) < 4.78 is 1.76. The Morgan fingerprint density at radius 3 is 2.79 bits per heavy atom. The van der Waals surface area contributed by atoms with Crippen molar-refractivity contribution in [3.05, 3.63) is 38.7 Å². The van der Waals surface area contributed by atoms with Gasteiger partial charge in [-0.15, -0.1) is 0 Å². The number of hydrogen-bond acceptors (Lipinski definition) is 3. The second-order valence-electron chi connectivity index (χ2n) is 4.30. The molecule has 1 heterocycles. The molecular weight excluding hydrogens is 314 g/mol. The minimum atomic E-state index is -0.494. The van der Waals surface area contributed by atoms with Gasteiger partial charge in [0.2, 0.25) is 0 Å². The van der Waals surface area contributed by atoms with Gasteiger partial charge in [0.1, 0.15) is 0 Å². The van der Waals surface area contributed by atoms with Crippen LogP contribution in [0.5, 0.6) is 0 Å². The molecule has 0 amide bonds. The Bertz CT molecular complexity index is 647. The Morgan fingerprint density at radius 2 is 2.11 bits per heavy atom. The number of aromatic amines is 1. The van der Waals surface area contributed by atoms with Crippen LogP contribution in [0.25, 0.3) is 10.9 Å². The van der Waals surface area contributed by atoms with Gasteiger partial charge in [-0.3, -0.25) is 24.7 Å². The number of aryl methyl sites for hydroxylation is 1. The largest absolute Gasteiger partial charge is 0.284 e. The smallest absolute Gasteiger partial charge is 0.272 e. The number of halogens is 1. The number of nitrogens with one attached hydrogen (secondary N) is 1. The number of nitro groups is 1. The zero-order valence-electron chi connectivity index (χ0n) is 10.3. The van der Waals surface area contributed by atoms with Gasteiger partial charge in [-0.05, 0) is 18.9 Å². The molecule has 0 unspecified atom stereocenters. The summed E-state index contributed by atoms with van der Waals surface area (Å²) in [6, 6.07) is 4.36. The summed E-state index contributed by atoms with van der Waals surface area (Å²) >= 11 is 3.37. The number of aromatic nitrogens is 2. The monoisotopic (exact) mass is 327 g/mol. The van der Waals surface area contributed by atoms with Crippen LogP contribution in [0, 0.1) is 10.1 Å². The lowest BCUT2D eigenvalue weighted by atomic mass is 10.2. The van der Waals surface area contributed by atoms with Crippen molar-refractivity contribution < 1.29 is 4.92 Å². The van der Waals surface area contributed by atoms with Crippen molar-refractivity contribution in [3.8, 4) is 0 Å². The molecule has 1 N–H and O–H groups in total. The number of nitrogens with zero attached hydrogens (tertiary/aromatic N) is 2. The van der Waals surface area contributed by atoms with E-state index in [1.54, 1.807) is 10.7 Å². The van der Waals surface area contributed by atoms with Crippen molar-refractivity contribution in [1.82, 2.24) is 9.78 Å². The molecule has 0 atom stereocenters. The Labute approximate surface area is 117 Å². The first-order valence-corrected chi connectivity index (χ1v) is 7.18. The van der Waals surface area contributed by atoms with Crippen molar-refractivity contribution >= 4 is 32.5 Å². The number of H-pyrrole nitrogens is 1. The maximum absolute atomic E-state index is 11.8. The molecule has 7 heteroatoms. The maximum Gasteiger partial charge on any atom is 0.272 e. The number of non-ortho nitro benzene ring substituents is 1. The predicted octanol–water partition coefficient (Wildman–Crippen LogP) is 2.80. The van der Waals surface area contributed by atoms with E-state index in [1.807, 2.05) is 0 Å². The van der Waals surface area contributed by atoms with Gasteiger partial charge in [0.05, 0.1) is 15.8 Å². The highest BCUT2D eigenvalue weighted by molar-refractivity contribution is 9.09. The highest BCUT2D eigenvalue weighted by atomic mass is 79.9. The highest BCUT2D eigenvalue weighted by Crippen LogP contribution is 2.18. The SMILES string of the molecule is O=c1[nH]n(CCCCCBr)c2ccc([N+](=O)[O-])cc12. The number of nitro benzene ring substituents is 1. The van der Waals surface area contributed by atoms with E-state index in [4.69, 9.17) is 0 Å². The molecule has 0 saturated carbocycles. The van der Waals surface area contributed by atoms with Crippen molar-refractivity contribution in [2.45, 2.75) is 25.8 Å². The first-order valence-electron chi connectivity index (χ1n) is 6.06. The molecule has 0 aliphatic heterocycles. The van der Waals surface area contributed by atoms with E-state index < -0.39 is 4.92 Å². The first kappa shape index (κ1) is 13.8. The van der Waals surface area contributed by atoms with Gasteiger partial charge in [-0.25, -0.2) is 0 Å². The minimum Gasteiger partial charge on any atom is -0.284 e. The van der Waals surface area contributed by atoms with E-state index in [9.17, 15) is 14.9 Å². The minimum absolute atomic E-state index is 0.0601. The molecule has 0 bridgehead atoms. The van der Waals surface area contributed by atoms with Crippen LogP contribution in [-0.4, -0.2) is 20.0 Å². The molecule has 0 fully saturated rings. The molecule has 2 aromatic rings. The van der Waals surface area contributed by atoms with Crippen LogP contribution in [0.3, 0.4) is 0 Å². The Hall–Kier alpha value is -1.63. The fourth-order valence-corrected chi connectivity index (χ4v) is 2.41. The zero-order valence-corrected chi connectivity index (χ0v) is 11.9. The number of rotatable bonds is 6. The molecule has 0 aliphatic rings. The van der Waals surface area contributed by atoms with Gasteiger partial charge in [-0.1, -0.05) is 22.4 Å². The number of unbranched alkanes of at least 4 members (excludes halogenated alkanes) is 2. The number of alkyl halides is 1. The number of fused-ring (bicyclic) bond motifs is 1. The first-order chi connectivity index (χ1) is 9.13. The quantitative estimate of drug-likeness (QED) is 0.383. The topological polar surface area (TPSA) is 80.9 Å². The lowest BCUT2D eigenvalue weighted by molar-refractivity contribution is -0.384. The summed E-state index contributed by atoms with van der Waals surface area (Å²) in [5.41, 5.74) is 0.378. The summed E-state index contributed by atoms with van der Waals surface area (Å²) in [6.45, 7) is 0.712. The van der Waals surface area contributed by atoms with E-state index in [1.165, 1.54) is 12.1 Å². The van der Waals surface area contributed by atoms with Crippen molar-refractivity contribution in [2.75, 3.05) is 5.33 Å². The third-order valence-corrected chi connectivity index (χ3v) is 3.54. The predicted molar refractivity (Wildman–Crippen MR) is 76.9 cm³/mol. The van der Waals surface area contributed by atoms with Crippen molar-refractivity contribution in [2.24, 2.45) is 0 Å². The molecule has 2 rings (SSSR count). The molecule has 19 heavy (non-hydrogen) atoms. The molecule has 1 aromatic carbocycles. The third kappa shape index (κ3) is 3.04. The molecule has 0 radical (unpaired) electrons. The summed E-state index contributed by atoms with van der Waals surface area (Å²) in [5.74, 6) is 0. The zero-order chi connectivity index (χ0) is 13.8. The van der Waals surface area contributed by atoms with Crippen molar-refractivity contribution in [1.29, 1.82) is 0 Å². The fraction of sp³-hybridized carbons (Fsp3) is 0.417. The summed E-state index contributed by atoms with van der Waals surface area (Å²) in [6.07, 6.45) is 3.12. The van der Waals surface area contributed by atoms with Gasteiger partial charge in [-0.2, -0.15) is 0 Å². The normalized spacial score (nSPS) is 11.0. The van der Waals surface area contributed by atoms with E-state index in [0.29, 0.717) is 11.9 Å². The van der Waals surface area contributed by atoms with Gasteiger partial charge in [0.15, 0.2) is 0 Å². The second kappa shape index (κ2) is 6.01. The summed E-state index contributed by atoms with van der Waals surface area (Å²) in [5, 5.41) is 14.8. The molecule has 6 nitrogen and oxygen atoms in total. The third-order valence-electron chi connectivity index (χ3n) is 2.98. The molecule has 0 spiro atoms. The average molecular weight is 328 g/mol. The van der Waals surface area contributed by atoms with Crippen LogP contribution in [0.4, 0.5) is 5.69 Å². The number of benzene rings is 1. The lowest BCUT2D eigenvalue weighted by Gasteiger charge is -2.03. The van der Waals surface area contributed by atoms with E-state index >= 15 is 0 Å². The standard InChI is InChI=1S/C12H14BrN3O3/c13-6-2-1-3-7-15-11-5-4-9(16(18)19)8-10(11)12(17)14-15/h4-5,8H,1-3,6-7H2,(H,14,17). The number of hydrogen-bond donors (Lipinski definition) is 1. The molecule has 102 valence electrons. The van der Waals surface area contributed by atoms with Crippen LogP contribution in [-0.2, 0) is 6.54 Å². The Kier molecular flexibility index (Phi) is 4.36. The van der Waals surface area contributed by atoms with Crippen molar-refractivity contribution in [3.63, 3.8) is 0 Å². The molecule has 1 aromatic heterocycles. The molecular formula is C12H14BrN3O3. The highest BCUT2D eigenvalue weighted by Gasteiger charge is 2.12. The van der Waals surface area contributed by atoms with Crippen LogP contribution >= 0.6 is 15.9 Å². The molecule has 0 aliphatic carbocycles.